The van der Waals surface area contributed by atoms with Gasteiger partial charge >= 0.3 is 0 Å². The number of methoxy groups -OCH3 is 1. The molecule has 0 fully saturated rings. The minimum Gasteiger partial charge on any atom is -0.497 e. The first-order valence-electron chi connectivity index (χ1n) is 9.80. The standard InChI is InChI=1S/C25H22N2O3S/c1-17-5-3-7-20(13-17)26-24(28)23-16-31-25(27-23)19-9-11-21(12-10-19)30-15-18-6-4-8-22(14-18)29-2/h3-14,16H,15H2,1-2H3,(H,26,28). The summed E-state index contributed by atoms with van der Waals surface area (Å²) in [6.45, 7) is 2.44. The maximum absolute atomic E-state index is 12.5. The second kappa shape index (κ2) is 9.45. The molecule has 0 radical (unpaired) electrons. The van der Waals surface area contributed by atoms with Crippen LogP contribution in [0.4, 0.5) is 5.69 Å². The highest BCUT2D eigenvalue weighted by atomic mass is 32.1. The number of carbonyl (C=O) groups is 1. The van der Waals surface area contributed by atoms with E-state index in [4.69, 9.17) is 9.47 Å². The van der Waals surface area contributed by atoms with Crippen molar-refractivity contribution in [3.63, 3.8) is 0 Å². The molecule has 1 N–H and O–H groups in total. The van der Waals surface area contributed by atoms with Crippen molar-refractivity contribution in [2.45, 2.75) is 13.5 Å². The van der Waals surface area contributed by atoms with Crippen molar-refractivity contribution in [3.8, 4) is 22.1 Å². The Morgan fingerprint density at radius 3 is 2.58 bits per heavy atom. The maximum atomic E-state index is 12.5. The summed E-state index contributed by atoms with van der Waals surface area (Å²) in [5.74, 6) is 1.36. The average molecular weight is 431 g/mol. The van der Waals surface area contributed by atoms with Gasteiger partial charge in [-0.3, -0.25) is 4.79 Å². The van der Waals surface area contributed by atoms with Gasteiger partial charge in [0, 0.05) is 16.6 Å². The van der Waals surface area contributed by atoms with Crippen LogP contribution in [0.2, 0.25) is 0 Å². The number of aromatic nitrogens is 1. The van der Waals surface area contributed by atoms with E-state index in [2.05, 4.69) is 10.3 Å². The fourth-order valence-electron chi connectivity index (χ4n) is 3.05. The number of ether oxygens (including phenoxy) is 2. The van der Waals surface area contributed by atoms with Gasteiger partial charge in [-0.2, -0.15) is 0 Å². The van der Waals surface area contributed by atoms with Crippen molar-refractivity contribution >= 4 is 22.9 Å². The molecule has 156 valence electrons. The molecule has 0 bridgehead atoms. The SMILES string of the molecule is COc1cccc(COc2ccc(-c3nc(C(=O)Nc4cccc(C)c4)cs3)cc2)c1. The number of hydrogen-bond acceptors (Lipinski definition) is 5. The van der Waals surface area contributed by atoms with Crippen LogP contribution < -0.4 is 14.8 Å². The fraction of sp³-hybridized carbons (Fsp3) is 0.120. The lowest BCUT2D eigenvalue weighted by molar-refractivity contribution is 0.102. The van der Waals surface area contributed by atoms with Crippen molar-refractivity contribution in [1.82, 2.24) is 4.98 Å². The van der Waals surface area contributed by atoms with Gasteiger partial charge in [-0.15, -0.1) is 11.3 Å². The summed E-state index contributed by atoms with van der Waals surface area (Å²) in [4.78, 5) is 17.0. The average Bonchev–Trinajstić information content (AvgIpc) is 3.29. The van der Waals surface area contributed by atoms with E-state index in [1.54, 1.807) is 12.5 Å². The topological polar surface area (TPSA) is 60.5 Å². The first-order chi connectivity index (χ1) is 15.1. The number of rotatable bonds is 7. The zero-order valence-electron chi connectivity index (χ0n) is 17.3. The van der Waals surface area contributed by atoms with Crippen LogP contribution in [0.15, 0.2) is 78.2 Å². The van der Waals surface area contributed by atoms with Crippen LogP contribution in [0.5, 0.6) is 11.5 Å². The molecular formula is C25H22N2O3S. The van der Waals surface area contributed by atoms with Gasteiger partial charge in [0.25, 0.3) is 5.91 Å². The third-order valence-electron chi connectivity index (χ3n) is 4.65. The Labute approximate surface area is 185 Å². The van der Waals surface area contributed by atoms with Crippen molar-refractivity contribution in [3.05, 3.63) is 95.0 Å². The summed E-state index contributed by atoms with van der Waals surface area (Å²) in [5.41, 5.74) is 4.23. The van der Waals surface area contributed by atoms with Crippen LogP contribution in [-0.2, 0) is 6.61 Å². The molecule has 0 atom stereocenters. The summed E-state index contributed by atoms with van der Waals surface area (Å²) in [6.07, 6.45) is 0. The third-order valence-corrected chi connectivity index (χ3v) is 5.55. The van der Waals surface area contributed by atoms with Gasteiger partial charge < -0.3 is 14.8 Å². The van der Waals surface area contributed by atoms with Gasteiger partial charge in [0.15, 0.2) is 0 Å². The van der Waals surface area contributed by atoms with Gasteiger partial charge in [0.05, 0.1) is 7.11 Å². The predicted octanol–water partition coefficient (Wildman–Crippen LogP) is 5.96. The molecule has 3 aromatic carbocycles. The lowest BCUT2D eigenvalue weighted by atomic mass is 10.2. The first-order valence-corrected chi connectivity index (χ1v) is 10.7. The van der Waals surface area contributed by atoms with Crippen LogP contribution >= 0.6 is 11.3 Å². The number of carbonyl (C=O) groups excluding carboxylic acids is 1. The van der Waals surface area contributed by atoms with E-state index in [1.165, 1.54) is 11.3 Å². The highest BCUT2D eigenvalue weighted by Gasteiger charge is 2.12. The van der Waals surface area contributed by atoms with Gasteiger partial charge in [0.1, 0.15) is 28.8 Å². The second-order valence-electron chi connectivity index (χ2n) is 7.03. The van der Waals surface area contributed by atoms with E-state index in [-0.39, 0.29) is 5.91 Å². The first kappa shape index (κ1) is 20.6. The van der Waals surface area contributed by atoms with Gasteiger partial charge in [0.2, 0.25) is 0 Å². The van der Waals surface area contributed by atoms with E-state index >= 15 is 0 Å². The number of nitrogens with zero attached hydrogens (tertiary/aromatic N) is 1. The number of amides is 1. The van der Waals surface area contributed by atoms with E-state index in [0.29, 0.717) is 12.3 Å². The lowest BCUT2D eigenvalue weighted by Crippen LogP contribution is -2.12. The van der Waals surface area contributed by atoms with Crippen LogP contribution in [0, 0.1) is 6.92 Å². The smallest absolute Gasteiger partial charge is 0.275 e. The van der Waals surface area contributed by atoms with Crippen molar-refractivity contribution < 1.29 is 14.3 Å². The monoisotopic (exact) mass is 430 g/mol. The third kappa shape index (κ3) is 5.29. The molecule has 31 heavy (non-hydrogen) atoms. The van der Waals surface area contributed by atoms with E-state index in [0.717, 1.165) is 38.9 Å². The molecule has 0 aliphatic rings. The molecule has 0 saturated carbocycles. The summed E-state index contributed by atoms with van der Waals surface area (Å²) in [6, 6.07) is 23.2. The Morgan fingerprint density at radius 2 is 1.81 bits per heavy atom. The van der Waals surface area contributed by atoms with Crippen molar-refractivity contribution in [2.24, 2.45) is 0 Å². The van der Waals surface area contributed by atoms with Crippen LogP contribution in [0.3, 0.4) is 0 Å². The molecular weight excluding hydrogens is 408 g/mol. The Hall–Kier alpha value is -3.64. The molecule has 0 saturated heterocycles. The normalized spacial score (nSPS) is 10.5. The summed E-state index contributed by atoms with van der Waals surface area (Å²) < 4.78 is 11.1. The number of aryl methyl sites for hydroxylation is 1. The number of nitrogens with one attached hydrogen (secondary N) is 1. The van der Waals surface area contributed by atoms with Gasteiger partial charge in [-0.25, -0.2) is 4.98 Å². The lowest BCUT2D eigenvalue weighted by Gasteiger charge is -2.08. The van der Waals surface area contributed by atoms with Crippen LogP contribution in [0.1, 0.15) is 21.6 Å². The summed E-state index contributed by atoms with van der Waals surface area (Å²) >= 11 is 1.44. The van der Waals surface area contributed by atoms with E-state index in [9.17, 15) is 4.79 Å². The molecule has 4 aromatic rings. The quantitative estimate of drug-likeness (QED) is 0.393. The van der Waals surface area contributed by atoms with E-state index in [1.807, 2.05) is 79.7 Å². The zero-order chi connectivity index (χ0) is 21.6. The molecule has 0 aliphatic heterocycles. The summed E-state index contributed by atoms with van der Waals surface area (Å²) in [7, 11) is 1.65. The number of thiazole rings is 1. The fourth-order valence-corrected chi connectivity index (χ4v) is 3.86. The Morgan fingerprint density at radius 1 is 1.00 bits per heavy atom. The molecule has 4 rings (SSSR count). The Balaban J connectivity index is 1.39. The Bertz CT molecular complexity index is 1190. The van der Waals surface area contributed by atoms with Crippen LogP contribution in [-0.4, -0.2) is 18.0 Å². The predicted molar refractivity (Wildman–Crippen MR) is 124 cm³/mol. The molecule has 6 heteroatoms. The molecule has 0 aliphatic carbocycles. The van der Waals surface area contributed by atoms with E-state index < -0.39 is 0 Å². The van der Waals surface area contributed by atoms with Crippen LogP contribution in [0.25, 0.3) is 10.6 Å². The van der Waals surface area contributed by atoms with Crippen molar-refractivity contribution in [2.75, 3.05) is 12.4 Å². The molecule has 1 amide bonds. The largest absolute Gasteiger partial charge is 0.497 e. The van der Waals surface area contributed by atoms with Gasteiger partial charge in [-0.1, -0.05) is 24.3 Å². The Kier molecular flexibility index (Phi) is 6.29. The molecule has 1 aromatic heterocycles. The molecule has 0 unspecified atom stereocenters. The molecule has 5 nitrogen and oxygen atoms in total. The molecule has 1 heterocycles. The highest BCUT2D eigenvalue weighted by Crippen LogP contribution is 2.27. The number of benzene rings is 3. The maximum Gasteiger partial charge on any atom is 0.275 e. The van der Waals surface area contributed by atoms with Crippen molar-refractivity contribution in [1.29, 1.82) is 0 Å². The molecule has 0 spiro atoms. The van der Waals surface area contributed by atoms with Gasteiger partial charge in [-0.05, 0) is 66.6 Å². The minimum absolute atomic E-state index is 0.216. The second-order valence-corrected chi connectivity index (χ2v) is 7.88. The number of anilines is 1. The minimum atomic E-state index is -0.216. The zero-order valence-corrected chi connectivity index (χ0v) is 18.1. The highest BCUT2D eigenvalue weighted by molar-refractivity contribution is 7.13. The number of hydrogen-bond donors (Lipinski definition) is 1. The summed E-state index contributed by atoms with van der Waals surface area (Å²) in [5, 5.41) is 5.45.